The number of carbonyl (C=O) groups is 1. The maximum Gasteiger partial charge on any atom is 0.308 e. The van der Waals surface area contributed by atoms with E-state index in [0.29, 0.717) is 6.42 Å². The molecule has 0 aromatic rings. The molecular weight excluding hydrogens is 292 g/mol. The third-order valence-corrected chi connectivity index (χ3v) is 3.96. The Labute approximate surface area is 130 Å². The molecule has 0 spiro atoms. The first-order chi connectivity index (χ1) is 10.4. The zero-order chi connectivity index (χ0) is 16.8. The minimum absolute atomic E-state index is 0.192. The van der Waals surface area contributed by atoms with Crippen LogP contribution in [0.1, 0.15) is 52.4 Å². The SMILES string of the molecule is CCCCCCCC(=O)OC1(C)O[C@H](CO)[C@@H](O)[C@H](O)[C@H]1O. The van der Waals surface area contributed by atoms with Gasteiger partial charge in [0.15, 0.2) is 0 Å². The fourth-order valence-electron chi connectivity index (χ4n) is 2.54. The molecule has 22 heavy (non-hydrogen) atoms. The van der Waals surface area contributed by atoms with Crippen LogP contribution in [0.5, 0.6) is 0 Å². The summed E-state index contributed by atoms with van der Waals surface area (Å²) in [6.07, 6.45) is -0.634. The molecular formula is C15H28O7. The van der Waals surface area contributed by atoms with Gasteiger partial charge in [0.05, 0.1) is 6.61 Å². The summed E-state index contributed by atoms with van der Waals surface area (Å²) in [5.41, 5.74) is 0. The lowest BCUT2D eigenvalue weighted by molar-refractivity contribution is -0.344. The molecule has 0 aliphatic carbocycles. The van der Waals surface area contributed by atoms with Crippen LogP contribution in [0.3, 0.4) is 0 Å². The van der Waals surface area contributed by atoms with Crippen LogP contribution >= 0.6 is 0 Å². The second-order valence-corrected chi connectivity index (χ2v) is 5.92. The zero-order valence-corrected chi connectivity index (χ0v) is 13.3. The lowest BCUT2D eigenvalue weighted by atomic mass is 9.93. The van der Waals surface area contributed by atoms with Crippen molar-refractivity contribution in [3.63, 3.8) is 0 Å². The van der Waals surface area contributed by atoms with E-state index in [1.807, 2.05) is 0 Å². The number of aliphatic hydroxyl groups is 4. The quantitative estimate of drug-likeness (QED) is 0.370. The molecule has 7 heteroatoms. The molecule has 130 valence electrons. The van der Waals surface area contributed by atoms with Crippen LogP contribution in [-0.4, -0.2) is 63.2 Å². The second-order valence-electron chi connectivity index (χ2n) is 5.92. The fraction of sp³-hybridized carbons (Fsp3) is 0.933. The van der Waals surface area contributed by atoms with E-state index in [4.69, 9.17) is 14.6 Å². The molecule has 4 N–H and O–H groups in total. The molecule has 1 aliphatic heterocycles. The van der Waals surface area contributed by atoms with Crippen molar-refractivity contribution in [1.82, 2.24) is 0 Å². The van der Waals surface area contributed by atoms with Gasteiger partial charge in [-0.25, -0.2) is 0 Å². The molecule has 1 heterocycles. The molecule has 5 atom stereocenters. The number of hydrogen-bond donors (Lipinski definition) is 4. The van der Waals surface area contributed by atoms with Crippen molar-refractivity contribution in [3.05, 3.63) is 0 Å². The monoisotopic (exact) mass is 320 g/mol. The van der Waals surface area contributed by atoms with E-state index in [1.54, 1.807) is 0 Å². The standard InChI is InChI=1S/C15H28O7/c1-3-4-5-6-7-8-11(17)22-15(2)14(20)13(19)12(18)10(9-16)21-15/h10,12-14,16,18-20H,3-9H2,1-2H3/t10-,12-,13+,14-,15?/m1/s1. The number of carbonyl (C=O) groups excluding carboxylic acids is 1. The molecule has 1 rings (SSSR count). The third-order valence-electron chi connectivity index (χ3n) is 3.96. The van der Waals surface area contributed by atoms with E-state index in [9.17, 15) is 20.1 Å². The lowest BCUT2D eigenvalue weighted by Gasteiger charge is -2.45. The van der Waals surface area contributed by atoms with Crippen molar-refractivity contribution < 1.29 is 34.7 Å². The highest BCUT2D eigenvalue weighted by Gasteiger charge is 2.53. The van der Waals surface area contributed by atoms with Gasteiger partial charge >= 0.3 is 5.97 Å². The van der Waals surface area contributed by atoms with Crippen molar-refractivity contribution >= 4 is 5.97 Å². The van der Waals surface area contributed by atoms with E-state index < -0.39 is 42.8 Å². The minimum Gasteiger partial charge on any atom is -0.430 e. The largest absolute Gasteiger partial charge is 0.430 e. The predicted molar refractivity (Wildman–Crippen MR) is 77.9 cm³/mol. The van der Waals surface area contributed by atoms with Crippen LogP contribution in [0.25, 0.3) is 0 Å². The van der Waals surface area contributed by atoms with Gasteiger partial charge in [-0.1, -0.05) is 32.6 Å². The third kappa shape index (κ3) is 4.89. The Kier molecular flexibility index (Phi) is 7.71. The smallest absolute Gasteiger partial charge is 0.308 e. The van der Waals surface area contributed by atoms with Crippen molar-refractivity contribution in [3.8, 4) is 0 Å². The minimum atomic E-state index is -1.79. The molecule has 0 aromatic heterocycles. The zero-order valence-electron chi connectivity index (χ0n) is 13.3. The van der Waals surface area contributed by atoms with Crippen LogP contribution in [0, 0.1) is 0 Å². The van der Waals surface area contributed by atoms with E-state index in [0.717, 1.165) is 25.7 Å². The van der Waals surface area contributed by atoms with Crippen LogP contribution in [-0.2, 0) is 14.3 Å². The van der Waals surface area contributed by atoms with E-state index in [1.165, 1.54) is 6.92 Å². The van der Waals surface area contributed by atoms with Gasteiger partial charge in [-0.05, 0) is 6.42 Å². The Hall–Kier alpha value is -0.730. The highest BCUT2D eigenvalue weighted by molar-refractivity contribution is 5.69. The first kappa shape index (κ1) is 19.3. The Morgan fingerprint density at radius 1 is 1.14 bits per heavy atom. The number of ether oxygens (including phenoxy) is 2. The van der Waals surface area contributed by atoms with Crippen LogP contribution in [0.2, 0.25) is 0 Å². The van der Waals surface area contributed by atoms with Gasteiger partial charge < -0.3 is 29.9 Å². The summed E-state index contributed by atoms with van der Waals surface area (Å²) in [7, 11) is 0. The van der Waals surface area contributed by atoms with E-state index in [2.05, 4.69) is 6.92 Å². The second kappa shape index (κ2) is 8.79. The number of unbranched alkanes of at least 4 members (excludes halogenated alkanes) is 4. The Morgan fingerprint density at radius 2 is 1.77 bits per heavy atom. The predicted octanol–water partition coefficient (Wildman–Crippen LogP) is 0.0801. The molecule has 0 aromatic carbocycles. The molecule has 1 unspecified atom stereocenters. The normalized spacial score (nSPS) is 35.4. The van der Waals surface area contributed by atoms with Crippen molar-refractivity contribution in [2.45, 2.75) is 82.6 Å². The van der Waals surface area contributed by atoms with Gasteiger partial charge in [-0.3, -0.25) is 4.79 Å². The van der Waals surface area contributed by atoms with E-state index >= 15 is 0 Å². The van der Waals surface area contributed by atoms with Gasteiger partial charge in [0.25, 0.3) is 0 Å². The van der Waals surface area contributed by atoms with Gasteiger partial charge in [-0.2, -0.15) is 0 Å². The molecule has 1 saturated heterocycles. The van der Waals surface area contributed by atoms with Gasteiger partial charge in [0.1, 0.15) is 24.4 Å². The molecule has 7 nitrogen and oxygen atoms in total. The highest BCUT2D eigenvalue weighted by atomic mass is 16.7. The molecule has 0 radical (unpaired) electrons. The van der Waals surface area contributed by atoms with Crippen molar-refractivity contribution in [1.29, 1.82) is 0 Å². The highest BCUT2D eigenvalue weighted by Crippen LogP contribution is 2.31. The van der Waals surface area contributed by atoms with Gasteiger partial charge in [0.2, 0.25) is 5.79 Å². The number of rotatable bonds is 8. The maximum absolute atomic E-state index is 11.9. The van der Waals surface area contributed by atoms with E-state index in [-0.39, 0.29) is 6.42 Å². The number of esters is 1. The average Bonchev–Trinajstić information content (AvgIpc) is 2.49. The van der Waals surface area contributed by atoms with Crippen molar-refractivity contribution in [2.24, 2.45) is 0 Å². The van der Waals surface area contributed by atoms with Crippen LogP contribution in [0.4, 0.5) is 0 Å². The first-order valence-corrected chi connectivity index (χ1v) is 7.90. The summed E-state index contributed by atoms with van der Waals surface area (Å²) < 4.78 is 10.4. The summed E-state index contributed by atoms with van der Waals surface area (Å²) in [6.45, 7) is 2.85. The topological polar surface area (TPSA) is 116 Å². The average molecular weight is 320 g/mol. The Bertz CT molecular complexity index is 347. The molecule has 0 amide bonds. The summed E-state index contributed by atoms with van der Waals surface area (Å²) in [5.74, 6) is -2.33. The fourth-order valence-corrected chi connectivity index (χ4v) is 2.54. The molecule has 1 aliphatic rings. The summed E-state index contributed by atoms with van der Waals surface area (Å²) >= 11 is 0. The molecule has 0 bridgehead atoms. The van der Waals surface area contributed by atoms with Crippen molar-refractivity contribution in [2.75, 3.05) is 6.61 Å². The van der Waals surface area contributed by atoms with Crippen LogP contribution < -0.4 is 0 Å². The summed E-state index contributed by atoms with van der Waals surface area (Å²) in [5, 5.41) is 38.6. The summed E-state index contributed by atoms with van der Waals surface area (Å²) in [6, 6.07) is 0. The number of hydrogen-bond acceptors (Lipinski definition) is 7. The van der Waals surface area contributed by atoms with Crippen LogP contribution in [0.15, 0.2) is 0 Å². The maximum atomic E-state index is 11.9. The molecule has 0 saturated carbocycles. The summed E-state index contributed by atoms with van der Waals surface area (Å²) in [4.78, 5) is 11.9. The number of aliphatic hydroxyl groups excluding tert-OH is 4. The lowest BCUT2D eigenvalue weighted by Crippen LogP contribution is -2.65. The first-order valence-electron chi connectivity index (χ1n) is 7.90. The van der Waals surface area contributed by atoms with Gasteiger partial charge in [0, 0.05) is 13.3 Å². The Morgan fingerprint density at radius 3 is 2.36 bits per heavy atom. The van der Waals surface area contributed by atoms with Gasteiger partial charge in [-0.15, -0.1) is 0 Å². The molecule has 1 fully saturated rings. The Balaban J connectivity index is 2.52.